The van der Waals surface area contributed by atoms with E-state index in [1.165, 1.54) is 6.42 Å². The van der Waals surface area contributed by atoms with E-state index in [4.69, 9.17) is 11.5 Å². The van der Waals surface area contributed by atoms with Crippen molar-refractivity contribution in [2.75, 3.05) is 6.54 Å². The average molecular weight is 171 g/mol. The van der Waals surface area contributed by atoms with E-state index in [0.717, 1.165) is 12.8 Å². The summed E-state index contributed by atoms with van der Waals surface area (Å²) in [6, 6.07) is -0.436. The molecule has 1 fully saturated rings. The molecule has 1 atom stereocenters. The predicted molar refractivity (Wildman–Crippen MR) is 47.4 cm³/mol. The molecule has 0 spiro atoms. The lowest BCUT2D eigenvalue weighted by Gasteiger charge is -2.38. The molecule has 0 aromatic heterocycles. The molecule has 4 nitrogen and oxygen atoms in total. The molecule has 1 saturated carbocycles. The zero-order chi connectivity index (χ0) is 9.19. The van der Waals surface area contributed by atoms with Gasteiger partial charge in [0.1, 0.15) is 0 Å². The average Bonchev–Trinajstić information content (AvgIpc) is 1.96. The van der Waals surface area contributed by atoms with E-state index < -0.39 is 6.04 Å². The normalized spacial score (nSPS) is 22.6. The highest BCUT2D eigenvalue weighted by Gasteiger charge is 2.32. The number of nitrogens with one attached hydrogen (secondary N) is 1. The van der Waals surface area contributed by atoms with E-state index in [1.54, 1.807) is 6.92 Å². The first kappa shape index (κ1) is 9.48. The largest absolute Gasteiger partial charge is 0.353 e. The van der Waals surface area contributed by atoms with E-state index in [2.05, 4.69) is 5.32 Å². The molecule has 5 N–H and O–H groups in total. The molecule has 4 heteroatoms. The molecule has 0 radical (unpaired) electrons. The maximum atomic E-state index is 11.0. The molecule has 0 saturated heterocycles. The van der Waals surface area contributed by atoms with Gasteiger partial charge in [-0.05, 0) is 26.2 Å². The SMILES string of the molecule is C[C@H](N)C(=O)NCC1(N)CCC1. The number of amides is 1. The number of carbonyl (C=O) groups excluding carboxylic acids is 1. The molecule has 0 heterocycles. The monoisotopic (exact) mass is 171 g/mol. The molecule has 0 bridgehead atoms. The molecule has 1 aliphatic rings. The summed E-state index contributed by atoms with van der Waals surface area (Å²) < 4.78 is 0. The maximum absolute atomic E-state index is 11.0. The molecule has 1 amide bonds. The second-order valence-corrected chi connectivity index (χ2v) is 3.72. The number of rotatable bonds is 3. The van der Waals surface area contributed by atoms with Gasteiger partial charge in [0.2, 0.25) is 5.91 Å². The van der Waals surface area contributed by atoms with Gasteiger partial charge in [-0.3, -0.25) is 4.79 Å². The van der Waals surface area contributed by atoms with Crippen LogP contribution in [0.25, 0.3) is 0 Å². The molecule has 12 heavy (non-hydrogen) atoms. The summed E-state index contributed by atoms with van der Waals surface area (Å²) in [6.45, 7) is 2.23. The Balaban J connectivity index is 2.21. The fourth-order valence-corrected chi connectivity index (χ4v) is 1.23. The molecule has 1 aliphatic carbocycles. The van der Waals surface area contributed by atoms with E-state index in [9.17, 15) is 4.79 Å². The van der Waals surface area contributed by atoms with Gasteiger partial charge < -0.3 is 16.8 Å². The summed E-state index contributed by atoms with van der Waals surface area (Å²) >= 11 is 0. The second-order valence-electron chi connectivity index (χ2n) is 3.72. The highest BCUT2D eigenvalue weighted by molar-refractivity contribution is 5.81. The van der Waals surface area contributed by atoms with E-state index in [0.29, 0.717) is 6.54 Å². The first-order valence-corrected chi connectivity index (χ1v) is 4.36. The Labute approximate surface area is 72.7 Å². The quantitative estimate of drug-likeness (QED) is 0.527. The van der Waals surface area contributed by atoms with Crippen molar-refractivity contribution < 1.29 is 4.79 Å². The topological polar surface area (TPSA) is 81.1 Å². The van der Waals surface area contributed by atoms with Crippen molar-refractivity contribution in [1.82, 2.24) is 5.32 Å². The summed E-state index contributed by atoms with van der Waals surface area (Å²) in [6.07, 6.45) is 3.18. The van der Waals surface area contributed by atoms with Crippen LogP contribution in [0, 0.1) is 0 Å². The molecule has 0 aliphatic heterocycles. The van der Waals surface area contributed by atoms with Crippen LogP contribution in [0.2, 0.25) is 0 Å². The number of hydrogen-bond donors (Lipinski definition) is 3. The van der Waals surface area contributed by atoms with Gasteiger partial charge in [0.05, 0.1) is 6.04 Å². The van der Waals surface area contributed by atoms with Crippen LogP contribution in [0.1, 0.15) is 26.2 Å². The molecule has 0 aromatic carbocycles. The van der Waals surface area contributed by atoms with Crippen LogP contribution in [-0.2, 0) is 4.79 Å². The van der Waals surface area contributed by atoms with Crippen LogP contribution >= 0.6 is 0 Å². The molecule has 0 aromatic rings. The van der Waals surface area contributed by atoms with Gasteiger partial charge in [-0.15, -0.1) is 0 Å². The Morgan fingerprint density at radius 2 is 2.25 bits per heavy atom. The first-order valence-electron chi connectivity index (χ1n) is 4.36. The van der Waals surface area contributed by atoms with Gasteiger partial charge in [-0.1, -0.05) is 0 Å². The Bertz CT molecular complexity index is 175. The molecule has 0 unspecified atom stereocenters. The van der Waals surface area contributed by atoms with Gasteiger partial charge in [0, 0.05) is 12.1 Å². The highest BCUT2D eigenvalue weighted by Crippen LogP contribution is 2.27. The molecular weight excluding hydrogens is 154 g/mol. The summed E-state index contributed by atoms with van der Waals surface area (Å²) in [5.41, 5.74) is 11.1. The summed E-state index contributed by atoms with van der Waals surface area (Å²) in [4.78, 5) is 11.0. The minimum absolute atomic E-state index is 0.119. The van der Waals surface area contributed by atoms with Gasteiger partial charge in [-0.2, -0.15) is 0 Å². The van der Waals surface area contributed by atoms with Crippen molar-refractivity contribution in [2.45, 2.75) is 37.8 Å². The third-order valence-corrected chi connectivity index (χ3v) is 2.38. The van der Waals surface area contributed by atoms with Crippen LogP contribution in [0.4, 0.5) is 0 Å². The van der Waals surface area contributed by atoms with Gasteiger partial charge in [-0.25, -0.2) is 0 Å². The van der Waals surface area contributed by atoms with E-state index in [-0.39, 0.29) is 11.4 Å². The lowest BCUT2D eigenvalue weighted by molar-refractivity contribution is -0.122. The highest BCUT2D eigenvalue weighted by atomic mass is 16.2. The summed E-state index contributed by atoms with van der Waals surface area (Å²) in [5.74, 6) is -0.119. The molecular formula is C8H17N3O. The summed E-state index contributed by atoms with van der Waals surface area (Å²) in [5, 5.41) is 2.74. The Morgan fingerprint density at radius 1 is 1.67 bits per heavy atom. The van der Waals surface area contributed by atoms with Crippen LogP contribution < -0.4 is 16.8 Å². The Hall–Kier alpha value is -0.610. The standard InChI is InChI=1S/C8H17N3O/c1-6(9)7(12)11-5-8(10)3-2-4-8/h6H,2-5,9-10H2,1H3,(H,11,12)/t6-/m0/s1. The Morgan fingerprint density at radius 3 is 2.58 bits per heavy atom. The first-order chi connectivity index (χ1) is 5.53. The minimum Gasteiger partial charge on any atom is -0.353 e. The number of carbonyl (C=O) groups is 1. The van der Waals surface area contributed by atoms with E-state index >= 15 is 0 Å². The third-order valence-electron chi connectivity index (χ3n) is 2.38. The lowest BCUT2D eigenvalue weighted by atomic mass is 9.78. The maximum Gasteiger partial charge on any atom is 0.236 e. The van der Waals surface area contributed by atoms with Gasteiger partial charge >= 0.3 is 0 Å². The molecule has 1 rings (SSSR count). The van der Waals surface area contributed by atoms with Crippen molar-refractivity contribution >= 4 is 5.91 Å². The van der Waals surface area contributed by atoms with Crippen molar-refractivity contribution in [3.05, 3.63) is 0 Å². The lowest BCUT2D eigenvalue weighted by Crippen LogP contribution is -2.56. The smallest absolute Gasteiger partial charge is 0.236 e. The minimum atomic E-state index is -0.436. The predicted octanol–water partition coefficient (Wildman–Crippen LogP) is -0.669. The van der Waals surface area contributed by atoms with Crippen LogP contribution in [-0.4, -0.2) is 24.0 Å². The van der Waals surface area contributed by atoms with Crippen molar-refractivity contribution in [2.24, 2.45) is 11.5 Å². The fourth-order valence-electron chi connectivity index (χ4n) is 1.23. The zero-order valence-electron chi connectivity index (χ0n) is 7.47. The van der Waals surface area contributed by atoms with Gasteiger partial charge in [0.25, 0.3) is 0 Å². The summed E-state index contributed by atoms with van der Waals surface area (Å²) in [7, 11) is 0. The zero-order valence-corrected chi connectivity index (χ0v) is 7.47. The van der Waals surface area contributed by atoms with Crippen LogP contribution in [0.15, 0.2) is 0 Å². The van der Waals surface area contributed by atoms with Crippen LogP contribution in [0.5, 0.6) is 0 Å². The van der Waals surface area contributed by atoms with E-state index in [1.807, 2.05) is 0 Å². The van der Waals surface area contributed by atoms with Gasteiger partial charge in [0.15, 0.2) is 0 Å². The number of hydrogen-bond acceptors (Lipinski definition) is 3. The molecule has 70 valence electrons. The third kappa shape index (κ3) is 2.19. The Kier molecular flexibility index (Phi) is 2.69. The fraction of sp³-hybridized carbons (Fsp3) is 0.875. The van der Waals surface area contributed by atoms with Crippen molar-refractivity contribution in [1.29, 1.82) is 0 Å². The van der Waals surface area contributed by atoms with Crippen molar-refractivity contribution in [3.63, 3.8) is 0 Å². The van der Waals surface area contributed by atoms with Crippen LogP contribution in [0.3, 0.4) is 0 Å². The van der Waals surface area contributed by atoms with Crippen molar-refractivity contribution in [3.8, 4) is 0 Å². The number of nitrogens with two attached hydrogens (primary N) is 2. The second kappa shape index (κ2) is 3.41.